The van der Waals surface area contributed by atoms with Crippen molar-refractivity contribution in [1.82, 2.24) is 14.6 Å². The number of hydrogen-bond donors (Lipinski definition) is 1. The van der Waals surface area contributed by atoms with E-state index in [1.54, 1.807) is 0 Å². The molecule has 0 saturated heterocycles. The quantitative estimate of drug-likeness (QED) is 0.818. The fourth-order valence-corrected chi connectivity index (χ4v) is 2.04. The van der Waals surface area contributed by atoms with Crippen LogP contribution in [0.15, 0.2) is 6.20 Å². The normalized spacial score (nSPS) is 14.1. The number of alkyl halides is 6. The molecule has 22 heavy (non-hydrogen) atoms. The van der Waals surface area contributed by atoms with Crippen molar-refractivity contribution < 1.29 is 26.3 Å². The van der Waals surface area contributed by atoms with Gasteiger partial charge in [-0.05, 0) is 6.92 Å². The average Bonchev–Trinajstić information content (AvgIpc) is 2.69. The zero-order valence-electron chi connectivity index (χ0n) is 10.8. The van der Waals surface area contributed by atoms with Gasteiger partial charge in [0.2, 0.25) is 5.95 Å². The molecule has 0 fully saturated rings. The topological polar surface area (TPSA) is 80.0 Å². The predicted octanol–water partition coefficient (Wildman–Crippen LogP) is 2.87. The average molecular weight is 323 g/mol. The number of anilines is 1. The molecule has 0 amide bonds. The predicted molar refractivity (Wildman–Crippen MR) is 61.6 cm³/mol. The van der Waals surface area contributed by atoms with Crippen molar-refractivity contribution in [3.63, 3.8) is 0 Å². The van der Waals surface area contributed by atoms with Crippen molar-refractivity contribution in [2.75, 3.05) is 5.73 Å². The third kappa shape index (κ3) is 2.40. The van der Waals surface area contributed by atoms with Gasteiger partial charge in [-0.1, -0.05) is 0 Å². The number of fused-ring (bicyclic) bond motifs is 1. The zero-order valence-corrected chi connectivity index (χ0v) is 10.8. The molecule has 0 aliphatic heterocycles. The minimum atomic E-state index is -5.04. The Labute approximate surface area is 119 Å². The van der Waals surface area contributed by atoms with Gasteiger partial charge in [0.05, 0.1) is 28.9 Å². The van der Waals surface area contributed by atoms with E-state index in [4.69, 9.17) is 11.0 Å². The van der Waals surface area contributed by atoms with Gasteiger partial charge < -0.3 is 5.73 Å². The first-order valence-electron chi connectivity index (χ1n) is 5.69. The van der Waals surface area contributed by atoms with Crippen LogP contribution < -0.4 is 5.73 Å². The summed E-state index contributed by atoms with van der Waals surface area (Å²) < 4.78 is 78.4. The highest BCUT2D eigenvalue weighted by molar-refractivity contribution is 5.66. The van der Waals surface area contributed by atoms with E-state index in [1.165, 1.54) is 6.07 Å². The molecule has 0 bridgehead atoms. The molecule has 0 spiro atoms. The van der Waals surface area contributed by atoms with Gasteiger partial charge in [-0.15, -0.1) is 5.10 Å². The summed E-state index contributed by atoms with van der Waals surface area (Å²) in [6.45, 7) is 0.640. The fourth-order valence-electron chi connectivity index (χ4n) is 2.04. The second-order valence-electron chi connectivity index (χ2n) is 4.42. The number of halogens is 6. The first-order valence-corrected chi connectivity index (χ1v) is 5.69. The van der Waals surface area contributed by atoms with E-state index < -0.39 is 46.6 Å². The van der Waals surface area contributed by atoms with Crippen LogP contribution in [-0.2, 0) is 6.18 Å². The van der Waals surface area contributed by atoms with Gasteiger partial charge in [0.25, 0.3) is 0 Å². The van der Waals surface area contributed by atoms with Crippen molar-refractivity contribution in [2.45, 2.75) is 25.2 Å². The van der Waals surface area contributed by atoms with Crippen molar-refractivity contribution in [1.29, 1.82) is 5.26 Å². The Bertz CT molecular complexity index is 766. The van der Waals surface area contributed by atoms with Crippen LogP contribution >= 0.6 is 0 Å². The van der Waals surface area contributed by atoms with E-state index in [0.717, 1.165) is 0 Å². The van der Waals surface area contributed by atoms with Gasteiger partial charge in [0.15, 0.2) is 0 Å². The fraction of sp³-hybridized carbons (Fsp3) is 0.364. The van der Waals surface area contributed by atoms with Crippen LogP contribution in [0.5, 0.6) is 0 Å². The molecule has 11 heteroatoms. The molecule has 0 aliphatic rings. The van der Waals surface area contributed by atoms with Gasteiger partial charge in [0, 0.05) is 0 Å². The molecule has 1 unspecified atom stereocenters. The van der Waals surface area contributed by atoms with E-state index in [1.807, 2.05) is 0 Å². The highest BCUT2D eigenvalue weighted by atomic mass is 19.4. The smallest absolute Gasteiger partial charge is 0.367 e. The third-order valence-corrected chi connectivity index (χ3v) is 3.04. The SMILES string of the molecule is CC(c1c(C#N)c(C(F)(F)F)c2cnc(N)nn12)C(F)(F)F. The molecule has 2 aromatic heterocycles. The first kappa shape index (κ1) is 15.9. The van der Waals surface area contributed by atoms with Gasteiger partial charge in [-0.2, -0.15) is 31.6 Å². The van der Waals surface area contributed by atoms with Gasteiger partial charge in [0.1, 0.15) is 11.6 Å². The molecule has 2 rings (SSSR count). The molecule has 2 N–H and O–H groups in total. The van der Waals surface area contributed by atoms with Crippen molar-refractivity contribution in [3.8, 4) is 6.07 Å². The molecule has 0 saturated carbocycles. The summed E-state index contributed by atoms with van der Waals surface area (Å²) in [5.41, 5.74) is 0.885. The van der Waals surface area contributed by atoms with Gasteiger partial charge in [-0.3, -0.25) is 0 Å². The molecule has 2 aromatic rings. The van der Waals surface area contributed by atoms with Crippen LogP contribution in [0, 0.1) is 11.3 Å². The summed E-state index contributed by atoms with van der Waals surface area (Å²) in [4.78, 5) is 3.35. The maximum Gasteiger partial charge on any atom is 0.419 e. The Morgan fingerprint density at radius 1 is 1.27 bits per heavy atom. The second kappa shape index (κ2) is 4.75. The van der Waals surface area contributed by atoms with Crippen molar-refractivity contribution >= 4 is 11.5 Å². The highest BCUT2D eigenvalue weighted by Gasteiger charge is 2.46. The van der Waals surface area contributed by atoms with Gasteiger partial charge >= 0.3 is 12.4 Å². The summed E-state index contributed by atoms with van der Waals surface area (Å²) >= 11 is 0. The lowest BCUT2D eigenvalue weighted by Crippen LogP contribution is -2.21. The summed E-state index contributed by atoms with van der Waals surface area (Å²) in [5.74, 6) is -2.86. The second-order valence-corrected chi connectivity index (χ2v) is 4.42. The summed E-state index contributed by atoms with van der Waals surface area (Å²) in [6, 6.07) is 1.18. The summed E-state index contributed by atoms with van der Waals surface area (Å²) in [5, 5.41) is 12.3. The molecule has 0 aliphatic carbocycles. The number of nitrogens with two attached hydrogens (primary N) is 1. The van der Waals surface area contributed by atoms with Crippen LogP contribution in [0.4, 0.5) is 32.3 Å². The van der Waals surface area contributed by atoms with Crippen LogP contribution in [-0.4, -0.2) is 20.8 Å². The first-order chi connectivity index (χ1) is 9.98. The number of hydrogen-bond acceptors (Lipinski definition) is 4. The van der Waals surface area contributed by atoms with Crippen LogP contribution in [0.1, 0.15) is 29.7 Å². The standard InChI is InChI=1S/C11H7F6N5/c1-4(10(12,13)14)8-5(2-18)7(11(15,16)17)6-3-20-9(19)21-22(6)8/h3-4H,1H3,(H2,19,21). The molecular weight excluding hydrogens is 316 g/mol. The van der Waals surface area contributed by atoms with Crippen LogP contribution in [0.3, 0.4) is 0 Å². The number of nitriles is 1. The summed E-state index contributed by atoms with van der Waals surface area (Å²) in [6.07, 6.45) is -9.26. The maximum absolute atomic E-state index is 13.1. The van der Waals surface area contributed by atoms with E-state index >= 15 is 0 Å². The Hall–Kier alpha value is -2.51. The van der Waals surface area contributed by atoms with E-state index in [-0.39, 0.29) is 0 Å². The molecular formula is C11H7F6N5. The molecule has 1 atom stereocenters. The monoisotopic (exact) mass is 323 g/mol. The lowest BCUT2D eigenvalue weighted by Gasteiger charge is -2.15. The molecule has 118 valence electrons. The Morgan fingerprint density at radius 3 is 2.32 bits per heavy atom. The van der Waals surface area contributed by atoms with Gasteiger partial charge in [-0.25, -0.2) is 9.50 Å². The molecule has 0 aromatic carbocycles. The minimum Gasteiger partial charge on any atom is -0.367 e. The highest BCUT2D eigenvalue weighted by Crippen LogP contribution is 2.43. The molecule has 5 nitrogen and oxygen atoms in total. The van der Waals surface area contributed by atoms with E-state index in [9.17, 15) is 26.3 Å². The van der Waals surface area contributed by atoms with E-state index in [0.29, 0.717) is 17.6 Å². The maximum atomic E-state index is 13.1. The summed E-state index contributed by atoms with van der Waals surface area (Å²) in [7, 11) is 0. The third-order valence-electron chi connectivity index (χ3n) is 3.04. The minimum absolute atomic E-state index is 0.377. The number of aromatic nitrogens is 3. The molecule has 0 radical (unpaired) electrons. The molecule has 2 heterocycles. The zero-order chi connectivity index (χ0) is 16.9. The number of nitrogen functional groups attached to an aromatic ring is 1. The van der Waals surface area contributed by atoms with Crippen LogP contribution in [0.25, 0.3) is 5.52 Å². The van der Waals surface area contributed by atoms with Crippen LogP contribution in [0.2, 0.25) is 0 Å². The number of nitrogens with zero attached hydrogens (tertiary/aromatic N) is 4. The van der Waals surface area contributed by atoms with Crippen molar-refractivity contribution in [2.24, 2.45) is 0 Å². The lowest BCUT2D eigenvalue weighted by atomic mass is 10.0. The van der Waals surface area contributed by atoms with Crippen molar-refractivity contribution in [3.05, 3.63) is 23.0 Å². The largest absolute Gasteiger partial charge is 0.419 e. The Kier molecular flexibility index (Phi) is 3.43. The number of rotatable bonds is 1. The Morgan fingerprint density at radius 2 is 1.86 bits per heavy atom. The lowest BCUT2D eigenvalue weighted by molar-refractivity contribution is -0.148. The Balaban J connectivity index is 2.97. The van der Waals surface area contributed by atoms with E-state index in [2.05, 4.69) is 10.1 Å².